The van der Waals surface area contributed by atoms with E-state index < -0.39 is 0 Å². The molecule has 1 amide bonds. The van der Waals surface area contributed by atoms with E-state index in [0.29, 0.717) is 35.1 Å². The SMILES string of the molecule is COc1cc(NC(=O)c2cncnc2Nc2ccc3c(ccn3Cc3ccccn3)c2)cc(OC)c1. The number of hydrogen-bond acceptors (Lipinski definition) is 7. The van der Waals surface area contributed by atoms with Crippen molar-refractivity contribution in [1.82, 2.24) is 19.5 Å². The molecule has 9 nitrogen and oxygen atoms in total. The van der Waals surface area contributed by atoms with Crippen LogP contribution in [0.15, 0.2) is 85.6 Å². The standard InChI is InChI=1S/C27H24N6O3/c1-35-22-12-21(13-23(14-22)36-2)32-27(34)24-15-28-17-30-26(24)31-19-6-7-25-18(11-19)8-10-33(25)16-20-5-3-4-9-29-20/h3-15,17H,16H2,1-2H3,(H,32,34)(H,28,30,31). The largest absolute Gasteiger partial charge is 0.497 e. The number of fused-ring (bicyclic) bond motifs is 1. The summed E-state index contributed by atoms with van der Waals surface area (Å²) in [7, 11) is 3.11. The predicted octanol–water partition coefficient (Wildman–Crippen LogP) is 4.89. The highest BCUT2D eigenvalue weighted by Gasteiger charge is 2.15. The monoisotopic (exact) mass is 480 g/mol. The average Bonchev–Trinajstić information content (AvgIpc) is 3.31. The quantitative estimate of drug-likeness (QED) is 0.326. The number of carbonyl (C=O) groups is 1. The molecule has 5 rings (SSSR count). The molecule has 3 aromatic heterocycles. The fraction of sp³-hybridized carbons (Fsp3) is 0.111. The van der Waals surface area contributed by atoms with Crippen molar-refractivity contribution in [3.63, 3.8) is 0 Å². The summed E-state index contributed by atoms with van der Waals surface area (Å²) in [6.07, 6.45) is 6.71. The molecular formula is C27H24N6O3. The molecule has 0 atom stereocenters. The van der Waals surface area contributed by atoms with Crippen LogP contribution in [-0.2, 0) is 6.54 Å². The van der Waals surface area contributed by atoms with Gasteiger partial charge in [0, 0.05) is 59.1 Å². The molecule has 3 heterocycles. The van der Waals surface area contributed by atoms with Gasteiger partial charge in [0.15, 0.2) is 0 Å². The molecule has 9 heteroatoms. The van der Waals surface area contributed by atoms with Crippen LogP contribution in [0.25, 0.3) is 10.9 Å². The maximum atomic E-state index is 13.1. The van der Waals surface area contributed by atoms with Crippen LogP contribution >= 0.6 is 0 Å². The molecule has 0 radical (unpaired) electrons. The van der Waals surface area contributed by atoms with E-state index in [-0.39, 0.29) is 5.91 Å². The zero-order valence-electron chi connectivity index (χ0n) is 19.8. The third-order valence-corrected chi connectivity index (χ3v) is 5.66. The lowest BCUT2D eigenvalue weighted by molar-refractivity contribution is 0.102. The first-order valence-corrected chi connectivity index (χ1v) is 11.2. The number of ether oxygens (including phenoxy) is 2. The molecule has 0 aliphatic rings. The molecule has 2 aromatic carbocycles. The molecule has 0 saturated heterocycles. The number of rotatable bonds is 8. The van der Waals surface area contributed by atoms with Gasteiger partial charge in [-0.1, -0.05) is 6.07 Å². The minimum Gasteiger partial charge on any atom is -0.497 e. The van der Waals surface area contributed by atoms with Gasteiger partial charge in [-0.2, -0.15) is 0 Å². The molecule has 0 aliphatic carbocycles. The fourth-order valence-electron chi connectivity index (χ4n) is 3.89. The van der Waals surface area contributed by atoms with Gasteiger partial charge in [0.05, 0.1) is 26.5 Å². The Kier molecular flexibility index (Phi) is 6.44. The van der Waals surface area contributed by atoms with Crippen LogP contribution in [0.1, 0.15) is 16.1 Å². The van der Waals surface area contributed by atoms with Crippen LogP contribution in [0, 0.1) is 0 Å². The number of nitrogens with zero attached hydrogens (tertiary/aromatic N) is 4. The summed E-state index contributed by atoms with van der Waals surface area (Å²) in [4.78, 5) is 25.8. The van der Waals surface area contributed by atoms with Gasteiger partial charge < -0.3 is 24.7 Å². The zero-order valence-corrected chi connectivity index (χ0v) is 19.8. The molecule has 0 spiro atoms. The lowest BCUT2D eigenvalue weighted by atomic mass is 10.2. The first kappa shape index (κ1) is 22.9. The Morgan fingerprint density at radius 3 is 2.53 bits per heavy atom. The average molecular weight is 481 g/mol. The number of methoxy groups -OCH3 is 2. The highest BCUT2D eigenvalue weighted by Crippen LogP contribution is 2.28. The number of aromatic nitrogens is 4. The van der Waals surface area contributed by atoms with Crippen molar-refractivity contribution >= 4 is 34.0 Å². The van der Waals surface area contributed by atoms with Crippen LogP contribution in [0.2, 0.25) is 0 Å². The zero-order chi connectivity index (χ0) is 24.9. The Morgan fingerprint density at radius 1 is 0.944 bits per heavy atom. The minimum absolute atomic E-state index is 0.298. The van der Waals surface area contributed by atoms with E-state index in [2.05, 4.69) is 30.2 Å². The second-order valence-electron chi connectivity index (χ2n) is 8.00. The van der Waals surface area contributed by atoms with E-state index >= 15 is 0 Å². The summed E-state index contributed by atoms with van der Waals surface area (Å²) in [6.45, 7) is 0.683. The van der Waals surface area contributed by atoms with Crippen LogP contribution in [0.3, 0.4) is 0 Å². The number of benzene rings is 2. The molecule has 0 saturated carbocycles. The Hall–Kier alpha value is -4.92. The second-order valence-corrected chi connectivity index (χ2v) is 8.00. The van der Waals surface area contributed by atoms with Gasteiger partial charge in [-0.25, -0.2) is 9.97 Å². The van der Waals surface area contributed by atoms with Crippen molar-refractivity contribution < 1.29 is 14.3 Å². The summed E-state index contributed by atoms with van der Waals surface area (Å²) in [6, 6.07) is 19.1. The van der Waals surface area contributed by atoms with E-state index in [9.17, 15) is 4.79 Å². The van der Waals surface area contributed by atoms with Crippen LogP contribution in [0.5, 0.6) is 11.5 Å². The van der Waals surface area contributed by atoms with Crippen molar-refractivity contribution in [3.05, 3.63) is 96.8 Å². The maximum absolute atomic E-state index is 13.1. The van der Waals surface area contributed by atoms with Gasteiger partial charge in [0.2, 0.25) is 0 Å². The highest BCUT2D eigenvalue weighted by molar-refractivity contribution is 6.07. The van der Waals surface area contributed by atoms with Crippen molar-refractivity contribution in [2.24, 2.45) is 0 Å². The number of pyridine rings is 1. The van der Waals surface area contributed by atoms with E-state index in [1.807, 2.05) is 48.7 Å². The summed E-state index contributed by atoms with van der Waals surface area (Å²) in [5.41, 5.74) is 3.70. The number of carbonyl (C=O) groups excluding carboxylic acids is 1. The molecule has 0 bridgehead atoms. The van der Waals surface area contributed by atoms with E-state index in [1.165, 1.54) is 12.5 Å². The molecule has 180 valence electrons. The van der Waals surface area contributed by atoms with Gasteiger partial charge in [-0.3, -0.25) is 9.78 Å². The summed E-state index contributed by atoms with van der Waals surface area (Å²) in [5.74, 6) is 1.16. The Bertz CT molecular complexity index is 1490. The van der Waals surface area contributed by atoms with Gasteiger partial charge in [0.1, 0.15) is 29.2 Å². The predicted molar refractivity (Wildman–Crippen MR) is 138 cm³/mol. The molecule has 0 aliphatic heterocycles. The van der Waals surface area contributed by atoms with Crippen LogP contribution in [0.4, 0.5) is 17.2 Å². The minimum atomic E-state index is -0.365. The number of nitrogens with one attached hydrogen (secondary N) is 2. The van der Waals surface area contributed by atoms with Crippen LogP contribution in [-0.4, -0.2) is 39.6 Å². The Morgan fingerprint density at radius 2 is 1.78 bits per heavy atom. The first-order valence-electron chi connectivity index (χ1n) is 11.2. The summed E-state index contributed by atoms with van der Waals surface area (Å²) in [5, 5.41) is 7.17. The Balaban J connectivity index is 1.36. The third-order valence-electron chi connectivity index (χ3n) is 5.66. The number of amides is 1. The fourth-order valence-corrected chi connectivity index (χ4v) is 3.89. The topological polar surface area (TPSA) is 103 Å². The lowest BCUT2D eigenvalue weighted by Gasteiger charge is -2.13. The third kappa shape index (κ3) is 4.95. The molecule has 2 N–H and O–H groups in total. The summed E-state index contributed by atoms with van der Waals surface area (Å²) >= 11 is 0. The number of hydrogen-bond donors (Lipinski definition) is 2. The van der Waals surface area contributed by atoms with Gasteiger partial charge in [-0.05, 0) is 36.4 Å². The van der Waals surface area contributed by atoms with Crippen molar-refractivity contribution in [2.75, 3.05) is 24.9 Å². The van der Waals surface area contributed by atoms with Crippen molar-refractivity contribution in [3.8, 4) is 11.5 Å². The van der Waals surface area contributed by atoms with Gasteiger partial charge >= 0.3 is 0 Å². The lowest BCUT2D eigenvalue weighted by Crippen LogP contribution is -2.15. The maximum Gasteiger partial charge on any atom is 0.261 e. The normalized spacial score (nSPS) is 10.7. The van der Waals surface area contributed by atoms with Crippen molar-refractivity contribution in [2.45, 2.75) is 6.54 Å². The van der Waals surface area contributed by atoms with Gasteiger partial charge in [-0.15, -0.1) is 0 Å². The molecule has 5 aromatic rings. The van der Waals surface area contributed by atoms with E-state index in [1.54, 1.807) is 38.6 Å². The van der Waals surface area contributed by atoms with Crippen molar-refractivity contribution in [1.29, 1.82) is 0 Å². The first-order chi connectivity index (χ1) is 17.6. The summed E-state index contributed by atoms with van der Waals surface area (Å²) < 4.78 is 12.7. The van der Waals surface area contributed by atoms with E-state index in [0.717, 1.165) is 22.3 Å². The van der Waals surface area contributed by atoms with E-state index in [4.69, 9.17) is 9.47 Å². The molecule has 0 unspecified atom stereocenters. The van der Waals surface area contributed by atoms with Gasteiger partial charge in [0.25, 0.3) is 5.91 Å². The smallest absolute Gasteiger partial charge is 0.261 e. The molecular weight excluding hydrogens is 456 g/mol. The molecule has 36 heavy (non-hydrogen) atoms. The number of anilines is 3. The Labute approximate surface area is 207 Å². The van der Waals surface area contributed by atoms with Crippen LogP contribution < -0.4 is 20.1 Å². The highest BCUT2D eigenvalue weighted by atomic mass is 16.5. The molecule has 0 fully saturated rings. The second kappa shape index (κ2) is 10.1.